The zero-order valence-electron chi connectivity index (χ0n) is 22.0. The van der Waals surface area contributed by atoms with Gasteiger partial charge in [0.15, 0.2) is 11.5 Å². The third-order valence-electron chi connectivity index (χ3n) is 7.57. The van der Waals surface area contributed by atoms with Crippen LogP contribution in [-0.4, -0.2) is 47.8 Å². The van der Waals surface area contributed by atoms with Crippen molar-refractivity contribution < 1.29 is 4.39 Å². The Labute approximate surface area is 230 Å². The number of para-hydroxylation sites is 1. The van der Waals surface area contributed by atoms with Gasteiger partial charge in [-0.3, -0.25) is 14.6 Å². The molecule has 0 atom stereocenters. The van der Waals surface area contributed by atoms with Gasteiger partial charge in [-0.25, -0.2) is 19.3 Å². The van der Waals surface area contributed by atoms with Gasteiger partial charge in [0, 0.05) is 47.7 Å². The highest BCUT2D eigenvalue weighted by atomic mass is 19.1. The topological polar surface area (TPSA) is 88.4 Å². The lowest BCUT2D eigenvalue weighted by Gasteiger charge is -2.32. The summed E-state index contributed by atoms with van der Waals surface area (Å²) in [5, 5.41) is 8.52. The quantitative estimate of drug-likeness (QED) is 0.290. The standard InChI is InChI=1S/C31H27FN8/c1-20-17-23(11-14-33-20)27-18-26-30(34-19-35-31(26)40(27)25-5-3-2-4-6-25)39-15-12-22(13-16-39)29-36-28(37-38-29)21-7-9-24(32)10-8-21/h2-11,14,17-19,22H,12-13,15-16H2,1H3,(H,36,37,38). The number of halogens is 1. The predicted molar refractivity (Wildman–Crippen MR) is 153 cm³/mol. The van der Waals surface area contributed by atoms with E-state index in [-0.39, 0.29) is 11.7 Å². The van der Waals surface area contributed by atoms with E-state index in [2.05, 4.69) is 48.9 Å². The molecular formula is C31H27FN8. The van der Waals surface area contributed by atoms with Gasteiger partial charge in [0.1, 0.15) is 23.8 Å². The summed E-state index contributed by atoms with van der Waals surface area (Å²) in [5.41, 5.74) is 5.83. The molecule has 1 N–H and O–H groups in total. The van der Waals surface area contributed by atoms with Crippen LogP contribution in [0.2, 0.25) is 0 Å². The lowest BCUT2D eigenvalue weighted by atomic mass is 9.96. The van der Waals surface area contributed by atoms with E-state index in [1.54, 1.807) is 18.5 Å². The summed E-state index contributed by atoms with van der Waals surface area (Å²) in [4.78, 5) is 21.0. The van der Waals surface area contributed by atoms with Gasteiger partial charge in [-0.15, -0.1) is 0 Å². The molecule has 7 rings (SSSR count). The molecule has 5 heterocycles. The molecular weight excluding hydrogens is 503 g/mol. The molecule has 0 spiro atoms. The fourth-order valence-corrected chi connectivity index (χ4v) is 5.56. The van der Waals surface area contributed by atoms with E-state index in [1.807, 2.05) is 37.4 Å². The first-order valence-corrected chi connectivity index (χ1v) is 13.4. The number of hydrogen-bond donors (Lipinski definition) is 1. The van der Waals surface area contributed by atoms with Gasteiger partial charge in [-0.2, -0.15) is 5.10 Å². The summed E-state index contributed by atoms with van der Waals surface area (Å²) >= 11 is 0. The Morgan fingerprint density at radius 3 is 2.45 bits per heavy atom. The van der Waals surface area contributed by atoms with Gasteiger partial charge in [0.2, 0.25) is 0 Å². The molecule has 1 saturated heterocycles. The summed E-state index contributed by atoms with van der Waals surface area (Å²) in [6.07, 6.45) is 5.34. The van der Waals surface area contributed by atoms with E-state index in [1.165, 1.54) is 12.1 Å². The number of benzene rings is 2. The van der Waals surface area contributed by atoms with Crippen LogP contribution >= 0.6 is 0 Å². The smallest absolute Gasteiger partial charge is 0.181 e. The van der Waals surface area contributed by atoms with Crippen LogP contribution in [0.1, 0.15) is 30.3 Å². The number of hydrogen-bond acceptors (Lipinski definition) is 6. The van der Waals surface area contributed by atoms with Gasteiger partial charge in [0.05, 0.1) is 11.1 Å². The zero-order chi connectivity index (χ0) is 27.1. The molecule has 0 amide bonds. The number of aryl methyl sites for hydroxylation is 1. The number of fused-ring (bicyclic) bond motifs is 1. The molecule has 8 nitrogen and oxygen atoms in total. The Balaban J connectivity index is 1.20. The van der Waals surface area contributed by atoms with Crippen LogP contribution in [0.4, 0.5) is 10.2 Å². The number of H-pyrrole nitrogens is 1. The van der Waals surface area contributed by atoms with Gasteiger partial charge in [-0.05, 0) is 74.4 Å². The van der Waals surface area contributed by atoms with Crippen molar-refractivity contribution in [3.8, 4) is 28.3 Å². The van der Waals surface area contributed by atoms with Crippen LogP contribution in [0, 0.1) is 12.7 Å². The minimum Gasteiger partial charge on any atom is -0.356 e. The second-order valence-electron chi connectivity index (χ2n) is 10.1. The van der Waals surface area contributed by atoms with E-state index >= 15 is 0 Å². The molecule has 0 radical (unpaired) electrons. The minimum absolute atomic E-state index is 0.263. The maximum absolute atomic E-state index is 13.3. The van der Waals surface area contributed by atoms with Gasteiger partial charge in [0.25, 0.3) is 0 Å². The van der Waals surface area contributed by atoms with Crippen LogP contribution < -0.4 is 4.90 Å². The molecule has 1 aliphatic heterocycles. The van der Waals surface area contributed by atoms with Crippen molar-refractivity contribution in [2.24, 2.45) is 0 Å². The largest absolute Gasteiger partial charge is 0.356 e. The number of nitrogens with zero attached hydrogens (tertiary/aromatic N) is 7. The number of aromatic nitrogens is 7. The third kappa shape index (κ3) is 4.39. The summed E-state index contributed by atoms with van der Waals surface area (Å²) in [7, 11) is 0. The highest BCUT2D eigenvalue weighted by Gasteiger charge is 2.27. The number of nitrogens with one attached hydrogen (secondary N) is 1. The van der Waals surface area contributed by atoms with Crippen LogP contribution in [0.25, 0.3) is 39.4 Å². The van der Waals surface area contributed by atoms with Crippen molar-refractivity contribution in [1.82, 2.24) is 34.7 Å². The summed E-state index contributed by atoms with van der Waals surface area (Å²) in [6, 6.07) is 22.9. The number of aromatic amines is 1. The Morgan fingerprint density at radius 2 is 1.68 bits per heavy atom. The first-order chi connectivity index (χ1) is 19.6. The van der Waals surface area contributed by atoms with E-state index in [4.69, 9.17) is 15.0 Å². The minimum atomic E-state index is -0.271. The monoisotopic (exact) mass is 530 g/mol. The molecule has 1 fully saturated rings. The van der Waals surface area contributed by atoms with Crippen LogP contribution in [0.3, 0.4) is 0 Å². The van der Waals surface area contributed by atoms with Crippen molar-refractivity contribution in [2.45, 2.75) is 25.7 Å². The maximum Gasteiger partial charge on any atom is 0.181 e. The average Bonchev–Trinajstić information content (AvgIpc) is 3.64. The maximum atomic E-state index is 13.3. The first kappa shape index (κ1) is 24.1. The summed E-state index contributed by atoms with van der Waals surface area (Å²) < 4.78 is 15.5. The van der Waals surface area contributed by atoms with E-state index in [9.17, 15) is 4.39 Å². The predicted octanol–water partition coefficient (Wildman–Crippen LogP) is 6.10. The second-order valence-corrected chi connectivity index (χ2v) is 10.1. The SMILES string of the molecule is Cc1cc(-c2cc3c(N4CCC(c5nc(-c6ccc(F)cc6)n[nH]5)CC4)ncnc3n2-c2ccccc2)ccn1. The van der Waals surface area contributed by atoms with Crippen LogP contribution in [-0.2, 0) is 0 Å². The molecule has 0 saturated carbocycles. The van der Waals surface area contributed by atoms with Crippen molar-refractivity contribution >= 4 is 16.9 Å². The normalized spacial score (nSPS) is 14.2. The lowest BCUT2D eigenvalue weighted by molar-refractivity contribution is 0.485. The van der Waals surface area contributed by atoms with Crippen molar-refractivity contribution in [2.75, 3.05) is 18.0 Å². The van der Waals surface area contributed by atoms with Crippen molar-refractivity contribution in [1.29, 1.82) is 0 Å². The highest BCUT2D eigenvalue weighted by Crippen LogP contribution is 2.36. The average molecular weight is 531 g/mol. The van der Waals surface area contributed by atoms with Crippen molar-refractivity contribution in [3.05, 3.63) is 103 Å². The number of rotatable bonds is 5. The third-order valence-corrected chi connectivity index (χ3v) is 7.57. The van der Waals surface area contributed by atoms with Crippen molar-refractivity contribution in [3.63, 3.8) is 0 Å². The Hall–Kier alpha value is -4.92. The van der Waals surface area contributed by atoms with E-state index in [0.29, 0.717) is 5.82 Å². The lowest BCUT2D eigenvalue weighted by Crippen LogP contribution is -2.34. The first-order valence-electron chi connectivity index (χ1n) is 13.4. The Morgan fingerprint density at radius 1 is 0.875 bits per heavy atom. The molecule has 6 aromatic rings. The summed E-state index contributed by atoms with van der Waals surface area (Å²) in [6.45, 7) is 3.68. The molecule has 4 aromatic heterocycles. The zero-order valence-corrected chi connectivity index (χ0v) is 22.0. The van der Waals surface area contributed by atoms with Gasteiger partial charge >= 0.3 is 0 Å². The van der Waals surface area contributed by atoms with Crippen LogP contribution in [0.15, 0.2) is 85.3 Å². The van der Waals surface area contributed by atoms with E-state index < -0.39 is 0 Å². The molecule has 2 aromatic carbocycles. The fraction of sp³-hybridized carbons (Fsp3) is 0.194. The summed E-state index contributed by atoms with van der Waals surface area (Å²) in [5.74, 6) is 2.40. The highest BCUT2D eigenvalue weighted by molar-refractivity contribution is 5.94. The second kappa shape index (κ2) is 10.00. The van der Waals surface area contributed by atoms with Gasteiger partial charge in [-0.1, -0.05) is 18.2 Å². The molecule has 0 unspecified atom stereocenters. The number of piperidine rings is 1. The molecule has 198 valence electrons. The van der Waals surface area contributed by atoms with E-state index in [0.717, 1.165) is 76.8 Å². The molecule has 0 aliphatic carbocycles. The van der Waals surface area contributed by atoms with Crippen LogP contribution in [0.5, 0.6) is 0 Å². The number of anilines is 1. The molecule has 9 heteroatoms. The molecule has 40 heavy (non-hydrogen) atoms. The van der Waals surface area contributed by atoms with Gasteiger partial charge < -0.3 is 4.90 Å². The Kier molecular flexibility index (Phi) is 6.03. The molecule has 0 bridgehead atoms. The Bertz CT molecular complexity index is 1780. The number of pyridine rings is 1. The molecule has 1 aliphatic rings. The fourth-order valence-electron chi connectivity index (χ4n) is 5.56.